The standard InChI is InChI=1S/C14H18N2O3S2/c1-14(2,3)10-5-6-11(19-4)12(9-10)21(17,18)16-13-15-7-8-20-13/h5-9H,1-4H3,(H,15,16). The summed E-state index contributed by atoms with van der Waals surface area (Å²) in [5.74, 6) is 0.312. The smallest absolute Gasteiger partial charge is 0.267 e. The van der Waals surface area contributed by atoms with Crippen LogP contribution in [0.5, 0.6) is 5.75 Å². The maximum absolute atomic E-state index is 12.5. The summed E-state index contributed by atoms with van der Waals surface area (Å²) in [6.45, 7) is 6.08. The quantitative estimate of drug-likeness (QED) is 0.936. The number of aromatic nitrogens is 1. The number of benzene rings is 1. The molecule has 0 radical (unpaired) electrons. The van der Waals surface area contributed by atoms with E-state index < -0.39 is 10.0 Å². The van der Waals surface area contributed by atoms with Gasteiger partial charge in [-0.2, -0.15) is 0 Å². The van der Waals surface area contributed by atoms with Crippen LogP contribution in [0.25, 0.3) is 0 Å². The molecule has 0 aliphatic heterocycles. The molecule has 1 heterocycles. The molecule has 0 aliphatic rings. The molecule has 0 bridgehead atoms. The number of hydrogen-bond donors (Lipinski definition) is 1. The van der Waals surface area contributed by atoms with Gasteiger partial charge >= 0.3 is 0 Å². The lowest BCUT2D eigenvalue weighted by molar-refractivity contribution is 0.402. The second kappa shape index (κ2) is 5.65. The fraction of sp³-hybridized carbons (Fsp3) is 0.357. The van der Waals surface area contributed by atoms with Gasteiger partial charge in [0.2, 0.25) is 0 Å². The van der Waals surface area contributed by atoms with Crippen LogP contribution in [0.3, 0.4) is 0 Å². The third-order valence-corrected chi connectivity index (χ3v) is 5.15. The van der Waals surface area contributed by atoms with Crippen LogP contribution in [-0.2, 0) is 15.4 Å². The van der Waals surface area contributed by atoms with Gasteiger partial charge in [-0.25, -0.2) is 13.4 Å². The number of nitrogens with one attached hydrogen (secondary N) is 1. The second-order valence-corrected chi connectivity index (χ2v) is 8.10. The zero-order chi connectivity index (χ0) is 15.7. The minimum atomic E-state index is -3.74. The van der Waals surface area contributed by atoms with Crippen LogP contribution in [0, 0.1) is 0 Å². The lowest BCUT2D eigenvalue weighted by Gasteiger charge is -2.21. The molecule has 2 aromatic rings. The number of hydrogen-bond acceptors (Lipinski definition) is 5. The van der Waals surface area contributed by atoms with E-state index in [1.54, 1.807) is 23.7 Å². The summed E-state index contributed by atoms with van der Waals surface area (Å²) in [4.78, 5) is 4.06. The van der Waals surface area contributed by atoms with E-state index in [9.17, 15) is 8.42 Å². The predicted molar refractivity (Wildman–Crippen MR) is 84.6 cm³/mol. The Balaban J connectivity index is 2.50. The summed E-state index contributed by atoms with van der Waals surface area (Å²) in [6.07, 6.45) is 1.55. The molecule has 1 aromatic heterocycles. The molecule has 5 nitrogen and oxygen atoms in total. The minimum Gasteiger partial charge on any atom is -0.495 e. The van der Waals surface area contributed by atoms with Crippen LogP contribution in [0.4, 0.5) is 5.13 Å². The number of nitrogens with zero attached hydrogens (tertiary/aromatic N) is 1. The normalized spacial score (nSPS) is 12.2. The Morgan fingerprint density at radius 1 is 1.29 bits per heavy atom. The molecule has 0 unspecified atom stereocenters. The minimum absolute atomic E-state index is 0.118. The van der Waals surface area contributed by atoms with Crippen molar-refractivity contribution in [1.82, 2.24) is 4.98 Å². The predicted octanol–water partition coefficient (Wildman–Crippen LogP) is 3.25. The number of rotatable bonds is 4. The van der Waals surface area contributed by atoms with Crippen LogP contribution < -0.4 is 9.46 Å². The van der Waals surface area contributed by atoms with E-state index in [-0.39, 0.29) is 10.3 Å². The molecule has 0 aliphatic carbocycles. The van der Waals surface area contributed by atoms with Gasteiger partial charge in [-0.05, 0) is 23.1 Å². The highest BCUT2D eigenvalue weighted by Gasteiger charge is 2.24. The van der Waals surface area contributed by atoms with Crippen molar-refractivity contribution >= 4 is 26.5 Å². The summed E-state index contributed by atoms with van der Waals surface area (Å²) in [5, 5.41) is 2.04. The molecule has 2 rings (SSSR count). The molecule has 0 amide bonds. The van der Waals surface area contributed by atoms with Gasteiger partial charge in [0.05, 0.1) is 7.11 Å². The molecule has 21 heavy (non-hydrogen) atoms. The van der Waals surface area contributed by atoms with Gasteiger partial charge < -0.3 is 4.74 Å². The first-order valence-corrected chi connectivity index (χ1v) is 8.71. The topological polar surface area (TPSA) is 68.3 Å². The molecular weight excluding hydrogens is 308 g/mol. The Morgan fingerprint density at radius 3 is 2.52 bits per heavy atom. The van der Waals surface area contributed by atoms with Crippen molar-refractivity contribution in [2.24, 2.45) is 0 Å². The van der Waals surface area contributed by atoms with Crippen LogP contribution in [0.1, 0.15) is 26.3 Å². The highest BCUT2D eigenvalue weighted by molar-refractivity contribution is 7.93. The molecule has 1 N–H and O–H groups in total. The van der Waals surface area contributed by atoms with Gasteiger partial charge in [-0.15, -0.1) is 11.3 Å². The lowest BCUT2D eigenvalue weighted by Crippen LogP contribution is -2.17. The molecule has 0 atom stereocenters. The first-order chi connectivity index (χ1) is 9.74. The molecule has 1 aromatic carbocycles. The van der Waals surface area contributed by atoms with Gasteiger partial charge in [0.25, 0.3) is 10.0 Å². The van der Waals surface area contributed by atoms with E-state index in [1.807, 2.05) is 26.8 Å². The van der Waals surface area contributed by atoms with Crippen LogP contribution in [0.2, 0.25) is 0 Å². The molecule has 7 heteroatoms. The van der Waals surface area contributed by atoms with Gasteiger partial charge in [0.15, 0.2) is 5.13 Å². The van der Waals surface area contributed by atoms with Crippen molar-refractivity contribution in [3.05, 3.63) is 35.3 Å². The average Bonchev–Trinajstić information content (AvgIpc) is 2.89. The van der Waals surface area contributed by atoms with Crippen LogP contribution in [-0.4, -0.2) is 20.5 Å². The molecular formula is C14H18N2O3S2. The summed E-state index contributed by atoms with van der Waals surface area (Å²) in [7, 11) is -2.28. The first kappa shape index (κ1) is 15.8. The lowest BCUT2D eigenvalue weighted by atomic mass is 9.87. The molecule has 0 spiro atoms. The number of thiazole rings is 1. The van der Waals surface area contributed by atoms with Gasteiger partial charge in [0.1, 0.15) is 10.6 Å². The van der Waals surface area contributed by atoms with E-state index in [4.69, 9.17) is 4.74 Å². The van der Waals surface area contributed by atoms with Crippen molar-refractivity contribution in [1.29, 1.82) is 0 Å². The maximum Gasteiger partial charge on any atom is 0.267 e. The Hall–Kier alpha value is -1.60. The van der Waals surface area contributed by atoms with E-state index in [1.165, 1.54) is 18.4 Å². The monoisotopic (exact) mass is 326 g/mol. The molecule has 0 saturated carbocycles. The zero-order valence-electron chi connectivity index (χ0n) is 12.4. The molecule has 114 valence electrons. The van der Waals surface area contributed by atoms with Gasteiger partial charge in [-0.3, -0.25) is 4.72 Å². The third-order valence-electron chi connectivity index (χ3n) is 2.97. The summed E-state index contributed by atoms with van der Waals surface area (Å²) >= 11 is 1.23. The maximum atomic E-state index is 12.5. The second-order valence-electron chi connectivity index (χ2n) is 5.56. The SMILES string of the molecule is COc1ccc(C(C)(C)C)cc1S(=O)(=O)Nc1nccs1. The first-order valence-electron chi connectivity index (χ1n) is 6.35. The number of ether oxygens (including phenoxy) is 1. The summed E-state index contributed by atoms with van der Waals surface area (Å²) < 4.78 is 32.7. The average molecular weight is 326 g/mol. The van der Waals surface area contributed by atoms with Crippen molar-refractivity contribution in [2.45, 2.75) is 31.1 Å². The van der Waals surface area contributed by atoms with Crippen molar-refractivity contribution in [2.75, 3.05) is 11.8 Å². The van der Waals surface area contributed by atoms with Gasteiger partial charge in [0, 0.05) is 11.6 Å². The van der Waals surface area contributed by atoms with E-state index >= 15 is 0 Å². The number of anilines is 1. The van der Waals surface area contributed by atoms with Crippen LogP contribution in [0.15, 0.2) is 34.7 Å². The van der Waals surface area contributed by atoms with E-state index in [0.29, 0.717) is 10.9 Å². The fourth-order valence-electron chi connectivity index (χ4n) is 1.80. The Labute approximate surface area is 129 Å². The van der Waals surface area contributed by atoms with Crippen LogP contribution >= 0.6 is 11.3 Å². The number of sulfonamides is 1. The number of methoxy groups -OCH3 is 1. The highest BCUT2D eigenvalue weighted by Crippen LogP contribution is 2.32. The molecule has 0 saturated heterocycles. The van der Waals surface area contributed by atoms with Crippen molar-refractivity contribution in [3.63, 3.8) is 0 Å². The van der Waals surface area contributed by atoms with E-state index in [2.05, 4.69) is 9.71 Å². The van der Waals surface area contributed by atoms with Crippen molar-refractivity contribution < 1.29 is 13.2 Å². The largest absolute Gasteiger partial charge is 0.495 e. The Kier molecular flexibility index (Phi) is 4.25. The fourth-order valence-corrected chi connectivity index (χ4v) is 3.78. The Bertz CT molecular complexity index is 717. The van der Waals surface area contributed by atoms with Gasteiger partial charge in [-0.1, -0.05) is 26.8 Å². The molecule has 0 fully saturated rings. The summed E-state index contributed by atoms with van der Waals surface area (Å²) in [6, 6.07) is 5.20. The summed E-state index contributed by atoms with van der Waals surface area (Å²) in [5.41, 5.74) is 0.764. The highest BCUT2D eigenvalue weighted by atomic mass is 32.2. The zero-order valence-corrected chi connectivity index (χ0v) is 14.0. The Morgan fingerprint density at radius 2 is 2.00 bits per heavy atom. The van der Waals surface area contributed by atoms with Crippen molar-refractivity contribution in [3.8, 4) is 5.75 Å². The van der Waals surface area contributed by atoms with E-state index in [0.717, 1.165) is 5.56 Å². The third kappa shape index (κ3) is 3.54.